The maximum Gasteiger partial charge on any atom is 0.287 e. The van der Waals surface area contributed by atoms with E-state index >= 15 is 0 Å². The van der Waals surface area contributed by atoms with E-state index in [0.29, 0.717) is 12.3 Å². The third kappa shape index (κ3) is 4.86. The third-order valence-corrected chi connectivity index (χ3v) is 4.62. The zero-order valence-electron chi connectivity index (χ0n) is 15.1. The monoisotopic (exact) mass is 341 g/mol. The van der Waals surface area contributed by atoms with Crippen molar-refractivity contribution in [3.05, 3.63) is 53.5 Å². The lowest BCUT2D eigenvalue weighted by atomic mass is 10.1. The van der Waals surface area contributed by atoms with Crippen molar-refractivity contribution >= 4 is 11.6 Å². The molecule has 1 aromatic carbocycles. The maximum atomic E-state index is 12.2. The van der Waals surface area contributed by atoms with Gasteiger partial charge in [-0.15, -0.1) is 0 Å². The predicted octanol–water partition coefficient (Wildman–Crippen LogP) is 2.91. The van der Waals surface area contributed by atoms with Gasteiger partial charge in [-0.2, -0.15) is 0 Å². The first kappa shape index (κ1) is 17.5. The van der Waals surface area contributed by atoms with Crippen LogP contribution in [0.4, 0.5) is 5.69 Å². The minimum Gasteiger partial charge on any atom is -0.455 e. The first-order valence-corrected chi connectivity index (χ1v) is 8.97. The van der Waals surface area contributed by atoms with E-state index in [1.54, 1.807) is 6.07 Å². The van der Waals surface area contributed by atoms with Crippen LogP contribution >= 0.6 is 0 Å². The number of amides is 1. The summed E-state index contributed by atoms with van der Waals surface area (Å²) in [6.45, 7) is 3.64. The molecule has 0 atom stereocenters. The smallest absolute Gasteiger partial charge is 0.287 e. The van der Waals surface area contributed by atoms with Gasteiger partial charge in [-0.25, -0.2) is 0 Å². The Morgan fingerprint density at radius 2 is 1.84 bits per heavy atom. The Morgan fingerprint density at radius 3 is 2.52 bits per heavy atom. The van der Waals surface area contributed by atoms with E-state index in [9.17, 15) is 4.79 Å². The fraction of sp³-hybridized carbons (Fsp3) is 0.450. The molecule has 25 heavy (non-hydrogen) atoms. The number of hydrogen-bond donors (Lipinski definition) is 1. The van der Waals surface area contributed by atoms with Crippen molar-refractivity contribution in [2.75, 3.05) is 38.6 Å². The number of benzene rings is 1. The highest BCUT2D eigenvalue weighted by molar-refractivity contribution is 5.91. The normalized spacial score (nSPS) is 14.6. The number of carbonyl (C=O) groups is 1. The van der Waals surface area contributed by atoms with Crippen LogP contribution in [0, 0.1) is 0 Å². The fourth-order valence-electron chi connectivity index (χ4n) is 3.11. The van der Waals surface area contributed by atoms with Crippen molar-refractivity contribution in [1.82, 2.24) is 10.2 Å². The molecule has 1 amide bonds. The quantitative estimate of drug-likeness (QED) is 0.841. The standard InChI is InChI=1S/C20H27N3O2/c1-22(2)17-7-5-16(6-8-17)11-12-21-20(24)19-10-9-18(25-19)15-23-13-3-4-14-23/h5-10H,3-4,11-15H2,1-2H3,(H,21,24). The fourth-order valence-corrected chi connectivity index (χ4v) is 3.11. The second kappa shape index (κ2) is 8.21. The van der Waals surface area contributed by atoms with Crippen LogP contribution in [0.15, 0.2) is 40.8 Å². The van der Waals surface area contributed by atoms with Crippen LogP contribution in [0.25, 0.3) is 0 Å². The van der Waals surface area contributed by atoms with E-state index in [2.05, 4.69) is 39.4 Å². The molecule has 0 radical (unpaired) electrons. The summed E-state index contributed by atoms with van der Waals surface area (Å²) in [5, 5.41) is 2.94. The molecular formula is C20H27N3O2. The van der Waals surface area contributed by atoms with Crippen LogP contribution < -0.4 is 10.2 Å². The second-order valence-electron chi connectivity index (χ2n) is 6.82. The number of hydrogen-bond acceptors (Lipinski definition) is 4. The van der Waals surface area contributed by atoms with E-state index in [-0.39, 0.29) is 5.91 Å². The Balaban J connectivity index is 1.45. The molecule has 0 bridgehead atoms. The van der Waals surface area contributed by atoms with Crippen LogP contribution in [-0.2, 0) is 13.0 Å². The van der Waals surface area contributed by atoms with Crippen molar-refractivity contribution in [3.8, 4) is 0 Å². The van der Waals surface area contributed by atoms with Crippen LogP contribution in [0.2, 0.25) is 0 Å². The van der Waals surface area contributed by atoms with Gasteiger partial charge in [0.15, 0.2) is 5.76 Å². The minimum absolute atomic E-state index is 0.141. The molecule has 1 N–H and O–H groups in total. The van der Waals surface area contributed by atoms with Crippen molar-refractivity contribution in [3.63, 3.8) is 0 Å². The highest BCUT2D eigenvalue weighted by Gasteiger charge is 2.15. The summed E-state index contributed by atoms with van der Waals surface area (Å²) in [5.74, 6) is 1.13. The molecular weight excluding hydrogens is 314 g/mol. The molecule has 1 aliphatic heterocycles. The number of carbonyl (C=O) groups excluding carboxylic acids is 1. The van der Waals surface area contributed by atoms with Gasteiger partial charge in [0.25, 0.3) is 5.91 Å². The molecule has 1 saturated heterocycles. The minimum atomic E-state index is -0.141. The van der Waals surface area contributed by atoms with E-state index in [1.165, 1.54) is 24.1 Å². The van der Waals surface area contributed by atoms with Crippen molar-refractivity contribution < 1.29 is 9.21 Å². The number of likely N-dealkylation sites (tertiary alicyclic amines) is 1. The molecule has 0 spiro atoms. The van der Waals surface area contributed by atoms with Gasteiger partial charge in [0.05, 0.1) is 6.54 Å². The Labute approximate surface area is 149 Å². The zero-order valence-corrected chi connectivity index (χ0v) is 15.1. The summed E-state index contributed by atoms with van der Waals surface area (Å²) in [4.78, 5) is 16.6. The van der Waals surface area contributed by atoms with Crippen LogP contribution in [0.3, 0.4) is 0 Å². The third-order valence-electron chi connectivity index (χ3n) is 4.62. The summed E-state index contributed by atoms with van der Waals surface area (Å²) in [6, 6.07) is 12.1. The van der Waals surface area contributed by atoms with Crippen LogP contribution in [0.5, 0.6) is 0 Å². The predicted molar refractivity (Wildman–Crippen MR) is 100 cm³/mol. The Bertz CT molecular complexity index is 685. The Hall–Kier alpha value is -2.27. The molecule has 3 rings (SSSR count). The SMILES string of the molecule is CN(C)c1ccc(CCNC(=O)c2ccc(CN3CCCC3)o2)cc1. The molecule has 0 aliphatic carbocycles. The van der Waals surface area contributed by atoms with Gasteiger partial charge in [0.1, 0.15) is 5.76 Å². The molecule has 2 heterocycles. The molecule has 5 nitrogen and oxygen atoms in total. The molecule has 1 fully saturated rings. The molecule has 1 aromatic heterocycles. The van der Waals surface area contributed by atoms with Gasteiger partial charge in [-0.1, -0.05) is 12.1 Å². The average Bonchev–Trinajstić information content (AvgIpc) is 3.28. The maximum absolute atomic E-state index is 12.2. The van der Waals surface area contributed by atoms with Crippen LogP contribution in [-0.4, -0.2) is 44.5 Å². The lowest BCUT2D eigenvalue weighted by Crippen LogP contribution is -2.25. The van der Waals surface area contributed by atoms with Gasteiger partial charge in [0, 0.05) is 26.3 Å². The van der Waals surface area contributed by atoms with Gasteiger partial charge in [0.2, 0.25) is 0 Å². The molecule has 134 valence electrons. The zero-order chi connectivity index (χ0) is 17.6. The summed E-state index contributed by atoms with van der Waals surface area (Å²) in [5.41, 5.74) is 2.38. The van der Waals surface area contributed by atoms with Gasteiger partial charge in [-0.3, -0.25) is 9.69 Å². The largest absolute Gasteiger partial charge is 0.455 e. The average molecular weight is 341 g/mol. The summed E-state index contributed by atoms with van der Waals surface area (Å²) in [6.07, 6.45) is 3.31. The number of anilines is 1. The molecule has 0 unspecified atom stereocenters. The Kier molecular flexibility index (Phi) is 5.76. The Morgan fingerprint density at radius 1 is 1.12 bits per heavy atom. The second-order valence-corrected chi connectivity index (χ2v) is 6.82. The molecule has 2 aromatic rings. The van der Waals surface area contributed by atoms with E-state index in [1.807, 2.05) is 20.2 Å². The summed E-state index contributed by atoms with van der Waals surface area (Å²) < 4.78 is 5.69. The van der Waals surface area contributed by atoms with Gasteiger partial charge in [-0.05, 0) is 62.2 Å². The van der Waals surface area contributed by atoms with Gasteiger partial charge < -0.3 is 14.6 Å². The highest BCUT2D eigenvalue weighted by Crippen LogP contribution is 2.15. The van der Waals surface area contributed by atoms with Crippen LogP contribution in [0.1, 0.15) is 34.7 Å². The van der Waals surface area contributed by atoms with Crippen molar-refractivity contribution in [1.29, 1.82) is 0 Å². The van der Waals surface area contributed by atoms with Crippen molar-refractivity contribution in [2.45, 2.75) is 25.8 Å². The lowest BCUT2D eigenvalue weighted by molar-refractivity contribution is 0.0923. The summed E-state index contributed by atoms with van der Waals surface area (Å²) in [7, 11) is 4.05. The van der Waals surface area contributed by atoms with E-state index in [4.69, 9.17) is 4.42 Å². The first-order chi connectivity index (χ1) is 12.1. The highest BCUT2D eigenvalue weighted by atomic mass is 16.4. The number of furan rings is 1. The van der Waals surface area contributed by atoms with Crippen molar-refractivity contribution in [2.24, 2.45) is 0 Å². The topological polar surface area (TPSA) is 48.7 Å². The number of nitrogens with zero attached hydrogens (tertiary/aromatic N) is 2. The van der Waals surface area contributed by atoms with E-state index < -0.39 is 0 Å². The molecule has 1 aliphatic rings. The molecule has 0 saturated carbocycles. The number of rotatable bonds is 7. The summed E-state index contributed by atoms with van der Waals surface area (Å²) >= 11 is 0. The number of nitrogens with one attached hydrogen (secondary N) is 1. The van der Waals surface area contributed by atoms with E-state index in [0.717, 1.165) is 31.8 Å². The lowest BCUT2D eigenvalue weighted by Gasteiger charge is -2.12. The first-order valence-electron chi connectivity index (χ1n) is 8.97. The molecule has 5 heteroatoms. The van der Waals surface area contributed by atoms with Gasteiger partial charge >= 0.3 is 0 Å².